The number of sulfonamides is 1. The third-order valence-corrected chi connectivity index (χ3v) is 6.58. The van der Waals surface area contributed by atoms with Crippen LogP contribution in [0.5, 0.6) is 5.75 Å². The number of methoxy groups -OCH3 is 1. The fourth-order valence-electron chi connectivity index (χ4n) is 3.69. The highest BCUT2D eigenvalue weighted by Gasteiger charge is 2.32. The molecule has 1 aliphatic rings. The summed E-state index contributed by atoms with van der Waals surface area (Å²) in [6, 6.07) is 10.1. The van der Waals surface area contributed by atoms with Gasteiger partial charge in [-0.2, -0.15) is 13.2 Å². The number of hydrogen-bond donors (Lipinski definition) is 0. The van der Waals surface area contributed by atoms with Crippen LogP contribution < -0.4 is 13.9 Å². The Morgan fingerprint density at radius 1 is 1.09 bits per heavy atom. The number of anilines is 2. The van der Waals surface area contributed by atoms with Crippen molar-refractivity contribution in [2.75, 3.05) is 55.3 Å². The van der Waals surface area contributed by atoms with Crippen LogP contribution in [0.2, 0.25) is 0 Å². The van der Waals surface area contributed by atoms with E-state index in [1.807, 2.05) is 0 Å². The van der Waals surface area contributed by atoms with Gasteiger partial charge in [0.15, 0.2) is 0 Å². The van der Waals surface area contributed by atoms with Crippen LogP contribution in [0.1, 0.15) is 11.1 Å². The molecule has 1 heterocycles. The zero-order valence-electron chi connectivity index (χ0n) is 18.6. The number of nitrogens with zero attached hydrogens (tertiary/aromatic N) is 3. The Kier molecular flexibility index (Phi) is 7.11. The van der Waals surface area contributed by atoms with Gasteiger partial charge in [-0.25, -0.2) is 8.42 Å². The van der Waals surface area contributed by atoms with Crippen LogP contribution in [0, 0.1) is 6.92 Å². The minimum atomic E-state index is -4.43. The van der Waals surface area contributed by atoms with Crippen molar-refractivity contribution in [3.8, 4) is 5.75 Å². The second-order valence-corrected chi connectivity index (χ2v) is 9.77. The monoisotopic (exact) mass is 485 g/mol. The summed E-state index contributed by atoms with van der Waals surface area (Å²) in [5.74, 6) is -0.0686. The van der Waals surface area contributed by atoms with Gasteiger partial charge in [0, 0.05) is 31.9 Å². The molecule has 1 fully saturated rings. The Morgan fingerprint density at radius 2 is 1.76 bits per heavy atom. The predicted octanol–water partition coefficient (Wildman–Crippen LogP) is 3.14. The number of benzene rings is 2. The molecule has 0 aliphatic carbocycles. The number of amides is 1. The normalized spacial score (nSPS) is 14.8. The van der Waals surface area contributed by atoms with E-state index >= 15 is 0 Å². The predicted molar refractivity (Wildman–Crippen MR) is 120 cm³/mol. The average Bonchev–Trinajstić information content (AvgIpc) is 2.76. The van der Waals surface area contributed by atoms with Gasteiger partial charge in [-0.3, -0.25) is 9.10 Å². The Labute approximate surface area is 191 Å². The molecule has 0 N–H and O–H groups in total. The number of aryl methyl sites for hydroxylation is 1. The highest BCUT2D eigenvalue weighted by molar-refractivity contribution is 7.92. The van der Waals surface area contributed by atoms with Crippen LogP contribution in [0.4, 0.5) is 24.5 Å². The highest BCUT2D eigenvalue weighted by atomic mass is 32.2. The molecule has 0 bridgehead atoms. The summed E-state index contributed by atoms with van der Waals surface area (Å²) < 4.78 is 70.3. The lowest BCUT2D eigenvalue weighted by Gasteiger charge is -2.37. The molecule has 0 spiro atoms. The summed E-state index contributed by atoms with van der Waals surface area (Å²) in [5, 5.41) is 0. The van der Waals surface area contributed by atoms with Gasteiger partial charge < -0.3 is 14.5 Å². The molecule has 0 radical (unpaired) electrons. The maximum absolute atomic E-state index is 13.0. The van der Waals surface area contributed by atoms with Gasteiger partial charge in [-0.15, -0.1) is 0 Å². The second kappa shape index (κ2) is 9.50. The first-order chi connectivity index (χ1) is 15.4. The summed E-state index contributed by atoms with van der Waals surface area (Å²) in [6.45, 7) is 2.59. The molecule has 0 unspecified atom stereocenters. The summed E-state index contributed by atoms with van der Waals surface area (Å²) >= 11 is 0. The average molecular weight is 486 g/mol. The van der Waals surface area contributed by atoms with E-state index in [0.29, 0.717) is 24.5 Å². The third-order valence-electron chi connectivity index (χ3n) is 5.45. The zero-order valence-corrected chi connectivity index (χ0v) is 19.4. The van der Waals surface area contributed by atoms with Crippen LogP contribution >= 0.6 is 0 Å². The fourth-order valence-corrected chi connectivity index (χ4v) is 4.54. The van der Waals surface area contributed by atoms with Crippen molar-refractivity contribution in [2.45, 2.75) is 13.1 Å². The van der Waals surface area contributed by atoms with Crippen LogP contribution in [0.15, 0.2) is 42.5 Å². The van der Waals surface area contributed by atoms with Gasteiger partial charge in [0.25, 0.3) is 0 Å². The van der Waals surface area contributed by atoms with Gasteiger partial charge in [-0.1, -0.05) is 12.1 Å². The van der Waals surface area contributed by atoms with Crippen LogP contribution in [0.25, 0.3) is 0 Å². The molecule has 1 amide bonds. The van der Waals surface area contributed by atoms with Crippen LogP contribution in [0.3, 0.4) is 0 Å². The van der Waals surface area contributed by atoms with Crippen LogP contribution in [-0.4, -0.2) is 65.3 Å². The second-order valence-electron chi connectivity index (χ2n) is 7.86. The van der Waals surface area contributed by atoms with Crippen molar-refractivity contribution in [2.24, 2.45) is 0 Å². The number of ether oxygens (including phenoxy) is 1. The minimum absolute atomic E-state index is 0.262. The molecular weight excluding hydrogens is 459 g/mol. The maximum atomic E-state index is 13.0. The number of halogens is 3. The van der Waals surface area contributed by atoms with Gasteiger partial charge >= 0.3 is 6.18 Å². The molecule has 0 saturated carbocycles. The van der Waals surface area contributed by atoms with E-state index in [1.165, 1.54) is 18.1 Å². The van der Waals surface area contributed by atoms with E-state index < -0.39 is 34.2 Å². The molecule has 1 aliphatic heterocycles. The first-order valence-corrected chi connectivity index (χ1v) is 12.1. The van der Waals surface area contributed by atoms with Crippen molar-refractivity contribution in [1.82, 2.24) is 4.90 Å². The lowest BCUT2D eigenvalue weighted by molar-refractivity contribution is -0.137. The molecule has 33 heavy (non-hydrogen) atoms. The Hall–Kier alpha value is -2.95. The number of carbonyl (C=O) groups is 1. The number of carbonyl (C=O) groups excluding carboxylic acids is 1. The number of rotatable bonds is 6. The van der Waals surface area contributed by atoms with E-state index in [4.69, 9.17) is 4.74 Å². The quantitative estimate of drug-likeness (QED) is 0.629. The molecule has 2 aromatic rings. The summed E-state index contributed by atoms with van der Waals surface area (Å²) in [6.07, 6.45) is -3.41. The molecular formula is C22H26F3N3O4S. The van der Waals surface area contributed by atoms with Crippen molar-refractivity contribution in [1.29, 1.82) is 0 Å². The summed E-state index contributed by atoms with van der Waals surface area (Å²) in [5.41, 5.74) is 0.783. The lowest BCUT2D eigenvalue weighted by atomic mass is 10.1. The van der Waals surface area contributed by atoms with Crippen LogP contribution in [-0.2, 0) is 21.0 Å². The molecule has 0 aromatic heterocycles. The van der Waals surface area contributed by atoms with Gasteiger partial charge in [0.05, 0.1) is 24.6 Å². The minimum Gasteiger partial charge on any atom is -0.495 e. The largest absolute Gasteiger partial charge is 0.495 e. The van der Waals surface area contributed by atoms with E-state index in [9.17, 15) is 26.4 Å². The van der Waals surface area contributed by atoms with E-state index in [2.05, 4.69) is 0 Å². The molecule has 3 rings (SSSR count). The molecule has 1 saturated heterocycles. The smallest absolute Gasteiger partial charge is 0.416 e. The van der Waals surface area contributed by atoms with Gasteiger partial charge in [0.1, 0.15) is 12.3 Å². The topological polar surface area (TPSA) is 70.2 Å². The van der Waals surface area contributed by atoms with Crippen molar-refractivity contribution < 1.29 is 31.1 Å². The first kappa shape index (κ1) is 24.7. The zero-order chi connectivity index (χ0) is 24.4. The summed E-state index contributed by atoms with van der Waals surface area (Å²) in [7, 11) is -2.36. The SMILES string of the molecule is COc1ccc(C)cc1N(CC(=O)N1CCN(c2cccc(C(F)(F)F)c2)CC1)S(C)(=O)=O. The Bertz CT molecular complexity index is 1110. The fraction of sp³-hybridized carbons (Fsp3) is 0.409. The van der Waals surface area contributed by atoms with Crippen molar-refractivity contribution >= 4 is 27.3 Å². The number of piperazine rings is 1. The first-order valence-electron chi connectivity index (χ1n) is 10.2. The third kappa shape index (κ3) is 5.89. The molecule has 7 nitrogen and oxygen atoms in total. The number of alkyl halides is 3. The summed E-state index contributed by atoms with van der Waals surface area (Å²) in [4.78, 5) is 16.2. The molecule has 180 valence electrons. The molecule has 2 aromatic carbocycles. The van der Waals surface area contributed by atoms with E-state index in [1.54, 1.807) is 36.1 Å². The number of hydrogen-bond acceptors (Lipinski definition) is 5. The van der Waals surface area contributed by atoms with Gasteiger partial charge in [-0.05, 0) is 42.8 Å². The standard InChI is InChI=1S/C22H26F3N3O4S/c1-16-7-8-20(32-2)19(13-16)28(33(3,30)31)15-21(29)27-11-9-26(10-12-27)18-6-4-5-17(14-18)22(23,24)25/h4-8,13-14H,9-12,15H2,1-3H3. The molecule has 11 heteroatoms. The maximum Gasteiger partial charge on any atom is 0.416 e. The Morgan fingerprint density at radius 3 is 2.33 bits per heavy atom. The Balaban J connectivity index is 1.72. The van der Waals surface area contributed by atoms with Crippen molar-refractivity contribution in [3.63, 3.8) is 0 Å². The lowest BCUT2D eigenvalue weighted by Crippen LogP contribution is -2.52. The van der Waals surface area contributed by atoms with E-state index in [0.717, 1.165) is 28.3 Å². The van der Waals surface area contributed by atoms with Crippen molar-refractivity contribution in [3.05, 3.63) is 53.6 Å². The van der Waals surface area contributed by atoms with Gasteiger partial charge in [0.2, 0.25) is 15.9 Å². The molecule has 0 atom stereocenters. The van der Waals surface area contributed by atoms with E-state index in [-0.39, 0.29) is 18.8 Å². The highest BCUT2D eigenvalue weighted by Crippen LogP contribution is 2.33.